The smallest absolute Gasteiger partial charge is 0.304 e. The van der Waals surface area contributed by atoms with Crippen molar-refractivity contribution in [1.29, 1.82) is 0 Å². The first kappa shape index (κ1) is 22.2. The highest BCUT2D eigenvalue weighted by Crippen LogP contribution is 2.31. The van der Waals surface area contributed by atoms with Gasteiger partial charge in [-0.25, -0.2) is 9.36 Å². The Balaban J connectivity index is 1.40. The van der Waals surface area contributed by atoms with Crippen LogP contribution >= 0.6 is 0 Å². The molecule has 1 aliphatic carbocycles. The third-order valence-electron chi connectivity index (χ3n) is 6.89. The van der Waals surface area contributed by atoms with E-state index in [2.05, 4.69) is 31.9 Å². The molecule has 1 N–H and O–H groups in total. The molecule has 0 saturated heterocycles. The minimum Gasteiger partial charge on any atom is -0.481 e. The van der Waals surface area contributed by atoms with E-state index in [-0.39, 0.29) is 12.3 Å². The second-order valence-electron chi connectivity index (χ2n) is 9.31. The van der Waals surface area contributed by atoms with Crippen LogP contribution in [0.25, 0.3) is 11.0 Å². The standard InChI is InChI=1S/C25H29N7O2/c1-31-23-11-10-20(14-22(23)26-29-31)21(15-25(33)34)19-9-5-8-18(12-19)13-24-27-28-30-32(24)16-17-6-3-2-4-7-17/h5,8-12,14,17,21H,2-4,6-7,13,15-16H2,1H3,(H,33,34). The summed E-state index contributed by atoms with van der Waals surface area (Å²) < 4.78 is 3.66. The van der Waals surface area contributed by atoms with Gasteiger partial charge in [-0.15, -0.1) is 10.2 Å². The summed E-state index contributed by atoms with van der Waals surface area (Å²) in [5.74, 6) is 0.352. The third kappa shape index (κ3) is 4.83. The summed E-state index contributed by atoms with van der Waals surface area (Å²) in [6.45, 7) is 0.863. The first-order chi connectivity index (χ1) is 16.6. The lowest BCUT2D eigenvalue weighted by Crippen LogP contribution is -2.17. The molecule has 4 aromatic rings. The molecule has 0 bridgehead atoms. The number of carboxylic acid groups (broad SMARTS) is 1. The molecule has 0 amide bonds. The van der Waals surface area contributed by atoms with Crippen LogP contribution in [0.5, 0.6) is 0 Å². The van der Waals surface area contributed by atoms with Crippen LogP contribution in [0.15, 0.2) is 42.5 Å². The predicted octanol–water partition coefficient (Wildman–Crippen LogP) is 3.73. The van der Waals surface area contributed by atoms with Gasteiger partial charge in [0.15, 0.2) is 5.82 Å². The highest BCUT2D eigenvalue weighted by Gasteiger charge is 2.21. The first-order valence-electron chi connectivity index (χ1n) is 11.9. The Morgan fingerprint density at radius 1 is 1.06 bits per heavy atom. The van der Waals surface area contributed by atoms with Crippen molar-refractivity contribution >= 4 is 17.0 Å². The van der Waals surface area contributed by atoms with E-state index in [0.717, 1.165) is 40.1 Å². The van der Waals surface area contributed by atoms with Gasteiger partial charge in [-0.2, -0.15) is 0 Å². The van der Waals surface area contributed by atoms with Gasteiger partial charge in [0.25, 0.3) is 0 Å². The fraction of sp³-hybridized carbons (Fsp3) is 0.440. The maximum atomic E-state index is 11.7. The Bertz CT molecular complexity index is 1290. The maximum Gasteiger partial charge on any atom is 0.304 e. The molecule has 2 aromatic carbocycles. The van der Waals surface area contributed by atoms with E-state index >= 15 is 0 Å². The van der Waals surface area contributed by atoms with Crippen molar-refractivity contribution in [1.82, 2.24) is 35.2 Å². The van der Waals surface area contributed by atoms with Crippen molar-refractivity contribution in [3.63, 3.8) is 0 Å². The predicted molar refractivity (Wildman–Crippen MR) is 126 cm³/mol. The van der Waals surface area contributed by atoms with Crippen molar-refractivity contribution in [3.05, 3.63) is 65.0 Å². The lowest BCUT2D eigenvalue weighted by atomic mass is 9.87. The van der Waals surface area contributed by atoms with Crippen molar-refractivity contribution in [2.75, 3.05) is 0 Å². The molecule has 9 nitrogen and oxygen atoms in total. The molecule has 0 aliphatic heterocycles. The molecule has 1 saturated carbocycles. The molecule has 2 aromatic heterocycles. The normalized spacial score (nSPS) is 15.6. The zero-order valence-electron chi connectivity index (χ0n) is 19.3. The zero-order chi connectivity index (χ0) is 23.5. The van der Waals surface area contributed by atoms with E-state index in [1.54, 1.807) is 4.68 Å². The number of rotatable bonds is 8. The fourth-order valence-corrected chi connectivity index (χ4v) is 5.09. The van der Waals surface area contributed by atoms with Gasteiger partial charge in [0.2, 0.25) is 0 Å². The Morgan fingerprint density at radius 3 is 2.71 bits per heavy atom. The highest BCUT2D eigenvalue weighted by atomic mass is 16.4. The van der Waals surface area contributed by atoms with Crippen LogP contribution in [-0.2, 0) is 24.8 Å². The highest BCUT2D eigenvalue weighted by molar-refractivity contribution is 5.76. The van der Waals surface area contributed by atoms with Crippen molar-refractivity contribution in [3.8, 4) is 0 Å². The molecule has 1 atom stereocenters. The summed E-state index contributed by atoms with van der Waals surface area (Å²) in [4.78, 5) is 11.7. The Labute approximate surface area is 197 Å². The van der Waals surface area contributed by atoms with Crippen molar-refractivity contribution in [2.24, 2.45) is 13.0 Å². The van der Waals surface area contributed by atoms with E-state index in [0.29, 0.717) is 12.3 Å². The molecular weight excluding hydrogens is 430 g/mol. The quantitative estimate of drug-likeness (QED) is 0.427. The summed E-state index contributed by atoms with van der Waals surface area (Å²) in [6, 6.07) is 14.0. The molecule has 0 radical (unpaired) electrons. The van der Waals surface area contributed by atoms with E-state index in [4.69, 9.17) is 0 Å². The average Bonchev–Trinajstić information content (AvgIpc) is 3.44. The van der Waals surface area contributed by atoms with Crippen LogP contribution in [0.2, 0.25) is 0 Å². The topological polar surface area (TPSA) is 112 Å². The maximum absolute atomic E-state index is 11.7. The first-order valence-corrected chi connectivity index (χ1v) is 11.9. The number of nitrogens with zero attached hydrogens (tertiary/aromatic N) is 7. The van der Waals surface area contributed by atoms with Crippen LogP contribution in [0.3, 0.4) is 0 Å². The minimum absolute atomic E-state index is 0.00532. The Morgan fingerprint density at radius 2 is 1.88 bits per heavy atom. The molecule has 5 rings (SSSR count). The second kappa shape index (κ2) is 9.70. The van der Waals surface area contributed by atoms with E-state index in [9.17, 15) is 9.90 Å². The number of carbonyl (C=O) groups is 1. The molecule has 9 heteroatoms. The third-order valence-corrected chi connectivity index (χ3v) is 6.89. The number of fused-ring (bicyclic) bond motifs is 1. The number of hydrogen-bond donors (Lipinski definition) is 1. The van der Waals surface area contributed by atoms with E-state index in [1.165, 1.54) is 32.1 Å². The van der Waals surface area contributed by atoms with Gasteiger partial charge in [0.05, 0.1) is 11.9 Å². The lowest BCUT2D eigenvalue weighted by molar-refractivity contribution is -0.137. The lowest BCUT2D eigenvalue weighted by Gasteiger charge is -2.21. The van der Waals surface area contributed by atoms with Gasteiger partial charge >= 0.3 is 5.97 Å². The van der Waals surface area contributed by atoms with Gasteiger partial charge in [0.1, 0.15) is 5.52 Å². The summed E-state index contributed by atoms with van der Waals surface area (Å²) in [5, 5.41) is 30.4. The van der Waals surface area contributed by atoms with Crippen LogP contribution < -0.4 is 0 Å². The van der Waals surface area contributed by atoms with Gasteiger partial charge in [0, 0.05) is 25.9 Å². The molecule has 0 spiro atoms. The molecular formula is C25H29N7O2. The Hall–Kier alpha value is -3.62. The van der Waals surface area contributed by atoms with Crippen LogP contribution in [0, 0.1) is 5.92 Å². The summed E-state index contributed by atoms with van der Waals surface area (Å²) in [5.41, 5.74) is 4.60. The minimum atomic E-state index is -0.842. The van der Waals surface area contributed by atoms with Gasteiger partial charge in [-0.3, -0.25) is 4.79 Å². The number of hydrogen-bond acceptors (Lipinski definition) is 6. The fourth-order valence-electron chi connectivity index (χ4n) is 5.09. The number of carboxylic acids is 1. The molecule has 1 fully saturated rings. The largest absolute Gasteiger partial charge is 0.481 e. The van der Waals surface area contributed by atoms with Crippen LogP contribution in [0.1, 0.15) is 67.0 Å². The summed E-state index contributed by atoms with van der Waals surface area (Å²) >= 11 is 0. The SMILES string of the molecule is Cn1nnc2cc(C(CC(=O)O)c3cccc(Cc4nnnn4CC4CCCCC4)c3)ccc21. The summed E-state index contributed by atoms with van der Waals surface area (Å²) in [6.07, 6.45) is 6.98. The molecule has 2 heterocycles. The summed E-state index contributed by atoms with van der Waals surface area (Å²) in [7, 11) is 1.84. The van der Waals surface area contributed by atoms with Crippen LogP contribution in [0.4, 0.5) is 0 Å². The van der Waals surface area contributed by atoms with Gasteiger partial charge in [-0.05, 0) is 58.0 Å². The van der Waals surface area contributed by atoms with Crippen molar-refractivity contribution in [2.45, 2.75) is 57.4 Å². The van der Waals surface area contributed by atoms with Crippen LogP contribution in [-0.4, -0.2) is 46.3 Å². The second-order valence-corrected chi connectivity index (χ2v) is 9.31. The molecule has 1 aliphatic rings. The monoisotopic (exact) mass is 459 g/mol. The zero-order valence-corrected chi connectivity index (χ0v) is 19.3. The Kier molecular flexibility index (Phi) is 6.33. The molecule has 34 heavy (non-hydrogen) atoms. The van der Waals surface area contributed by atoms with Gasteiger partial charge < -0.3 is 5.11 Å². The molecule has 1 unspecified atom stereocenters. The average molecular weight is 460 g/mol. The van der Waals surface area contributed by atoms with E-state index < -0.39 is 5.97 Å². The number of aryl methyl sites for hydroxylation is 1. The number of benzene rings is 2. The van der Waals surface area contributed by atoms with E-state index in [1.807, 2.05) is 48.1 Å². The number of aromatic nitrogens is 7. The molecule has 176 valence electrons. The number of aliphatic carboxylic acids is 1. The van der Waals surface area contributed by atoms with Gasteiger partial charge in [-0.1, -0.05) is 54.8 Å². The van der Waals surface area contributed by atoms with Crippen molar-refractivity contribution < 1.29 is 9.90 Å². The number of tetrazole rings is 1.